The summed E-state index contributed by atoms with van der Waals surface area (Å²) in [5.41, 5.74) is 1.31. The van der Waals surface area contributed by atoms with Crippen molar-refractivity contribution >= 4 is 0 Å². The van der Waals surface area contributed by atoms with Gasteiger partial charge in [0.1, 0.15) is 5.75 Å². The molecule has 0 amide bonds. The number of ether oxygens (including phenoxy) is 2. The molecule has 0 aromatic heterocycles. The molecule has 1 aliphatic rings. The molecule has 1 aromatic carbocycles. The van der Waals surface area contributed by atoms with Gasteiger partial charge in [0, 0.05) is 18.6 Å². The molecule has 106 valence electrons. The fourth-order valence-corrected chi connectivity index (χ4v) is 2.84. The van der Waals surface area contributed by atoms with Crippen LogP contribution in [0.1, 0.15) is 38.8 Å². The van der Waals surface area contributed by atoms with Crippen molar-refractivity contribution in [1.82, 2.24) is 5.32 Å². The second-order valence-corrected chi connectivity index (χ2v) is 5.53. The van der Waals surface area contributed by atoms with Crippen molar-refractivity contribution in [3.05, 3.63) is 29.8 Å². The Labute approximate surface area is 116 Å². The van der Waals surface area contributed by atoms with Crippen LogP contribution in [-0.2, 0) is 4.74 Å². The summed E-state index contributed by atoms with van der Waals surface area (Å²) in [5.74, 6) is 1.48. The van der Waals surface area contributed by atoms with E-state index < -0.39 is 0 Å². The molecule has 1 aromatic rings. The van der Waals surface area contributed by atoms with Gasteiger partial charge in [-0.1, -0.05) is 12.1 Å². The molecule has 0 radical (unpaired) electrons. The molecule has 3 nitrogen and oxygen atoms in total. The number of hydrogen-bond acceptors (Lipinski definition) is 3. The van der Waals surface area contributed by atoms with Crippen molar-refractivity contribution in [2.24, 2.45) is 5.92 Å². The summed E-state index contributed by atoms with van der Waals surface area (Å²) in [6.45, 7) is 7.13. The zero-order valence-corrected chi connectivity index (χ0v) is 12.3. The van der Waals surface area contributed by atoms with Crippen molar-refractivity contribution < 1.29 is 9.47 Å². The standard InChI is InChI=1S/C16H25NO2/c1-11(2)19-14-7-5-13(6-8-14)16(17-4)15-9-10-18-12(15)3/h5-8,11-12,15-17H,9-10H2,1-4H3. The minimum absolute atomic E-state index is 0.217. The van der Waals surface area contributed by atoms with Crippen LogP contribution in [0.25, 0.3) is 0 Å². The molecule has 0 saturated carbocycles. The van der Waals surface area contributed by atoms with Crippen LogP contribution in [-0.4, -0.2) is 25.9 Å². The molecule has 3 atom stereocenters. The molecule has 1 N–H and O–H groups in total. The van der Waals surface area contributed by atoms with Crippen LogP contribution in [0.15, 0.2) is 24.3 Å². The maximum absolute atomic E-state index is 5.68. The van der Waals surface area contributed by atoms with Gasteiger partial charge in [-0.15, -0.1) is 0 Å². The molecule has 1 aliphatic heterocycles. The molecule has 1 saturated heterocycles. The molecule has 3 heteroatoms. The van der Waals surface area contributed by atoms with E-state index in [1.54, 1.807) is 0 Å². The highest BCUT2D eigenvalue weighted by molar-refractivity contribution is 5.30. The van der Waals surface area contributed by atoms with Crippen LogP contribution < -0.4 is 10.1 Å². The number of hydrogen-bond donors (Lipinski definition) is 1. The second-order valence-electron chi connectivity index (χ2n) is 5.53. The topological polar surface area (TPSA) is 30.5 Å². The maximum atomic E-state index is 5.68. The van der Waals surface area contributed by atoms with E-state index in [0.29, 0.717) is 18.1 Å². The van der Waals surface area contributed by atoms with Crippen LogP contribution in [0.5, 0.6) is 5.75 Å². The lowest BCUT2D eigenvalue weighted by atomic mass is 9.88. The average Bonchev–Trinajstić information content (AvgIpc) is 2.78. The lowest BCUT2D eigenvalue weighted by Crippen LogP contribution is -2.29. The molecular formula is C16H25NO2. The van der Waals surface area contributed by atoms with Gasteiger partial charge in [0.15, 0.2) is 0 Å². The fourth-order valence-electron chi connectivity index (χ4n) is 2.84. The van der Waals surface area contributed by atoms with Crippen molar-refractivity contribution in [2.45, 2.75) is 45.4 Å². The van der Waals surface area contributed by atoms with E-state index in [2.05, 4.69) is 36.5 Å². The van der Waals surface area contributed by atoms with Gasteiger partial charge in [0.05, 0.1) is 12.2 Å². The van der Waals surface area contributed by atoms with Crippen molar-refractivity contribution in [2.75, 3.05) is 13.7 Å². The highest BCUT2D eigenvalue weighted by Gasteiger charge is 2.31. The van der Waals surface area contributed by atoms with Crippen molar-refractivity contribution in [3.63, 3.8) is 0 Å². The number of nitrogens with one attached hydrogen (secondary N) is 1. The van der Waals surface area contributed by atoms with E-state index in [1.165, 1.54) is 5.56 Å². The van der Waals surface area contributed by atoms with Crippen LogP contribution >= 0.6 is 0 Å². The molecule has 3 unspecified atom stereocenters. The Bertz CT molecular complexity index is 388. The first-order valence-corrected chi connectivity index (χ1v) is 7.17. The average molecular weight is 263 g/mol. The normalized spacial score (nSPS) is 24.7. The van der Waals surface area contributed by atoms with E-state index in [1.807, 2.05) is 20.9 Å². The number of rotatable bonds is 5. The molecule has 0 spiro atoms. The minimum Gasteiger partial charge on any atom is -0.491 e. The first-order chi connectivity index (χ1) is 9.11. The van der Waals surface area contributed by atoms with Gasteiger partial charge in [-0.3, -0.25) is 0 Å². The zero-order valence-electron chi connectivity index (χ0n) is 12.3. The SMILES string of the molecule is CNC(c1ccc(OC(C)C)cc1)C1CCOC1C. The molecule has 0 aliphatic carbocycles. The lowest BCUT2D eigenvalue weighted by Gasteiger charge is -2.26. The first kappa shape index (κ1) is 14.4. The number of benzene rings is 1. The molecule has 0 bridgehead atoms. The summed E-state index contributed by atoms with van der Waals surface area (Å²) >= 11 is 0. The van der Waals surface area contributed by atoms with Gasteiger partial charge >= 0.3 is 0 Å². The third kappa shape index (κ3) is 3.48. The monoisotopic (exact) mass is 263 g/mol. The van der Waals surface area contributed by atoms with Gasteiger partial charge in [-0.05, 0) is 51.9 Å². The smallest absolute Gasteiger partial charge is 0.119 e. The Hall–Kier alpha value is -1.06. The Kier molecular flexibility index (Phi) is 4.83. The van der Waals surface area contributed by atoms with E-state index in [-0.39, 0.29) is 6.10 Å². The molecular weight excluding hydrogens is 238 g/mol. The van der Waals surface area contributed by atoms with Gasteiger partial charge in [0.2, 0.25) is 0 Å². The Morgan fingerprint density at radius 3 is 2.42 bits per heavy atom. The van der Waals surface area contributed by atoms with Crippen LogP contribution in [0.4, 0.5) is 0 Å². The van der Waals surface area contributed by atoms with Gasteiger partial charge < -0.3 is 14.8 Å². The molecule has 19 heavy (non-hydrogen) atoms. The van der Waals surface area contributed by atoms with Crippen molar-refractivity contribution in [1.29, 1.82) is 0 Å². The Morgan fingerprint density at radius 1 is 1.26 bits per heavy atom. The molecule has 1 heterocycles. The minimum atomic E-state index is 0.217. The van der Waals surface area contributed by atoms with E-state index in [9.17, 15) is 0 Å². The summed E-state index contributed by atoms with van der Waals surface area (Å²) in [7, 11) is 2.02. The third-order valence-corrected chi connectivity index (χ3v) is 3.79. The molecule has 1 fully saturated rings. The zero-order chi connectivity index (χ0) is 13.8. The summed E-state index contributed by atoms with van der Waals surface area (Å²) in [4.78, 5) is 0. The summed E-state index contributed by atoms with van der Waals surface area (Å²) in [6.07, 6.45) is 1.66. The second kappa shape index (κ2) is 6.40. The Balaban J connectivity index is 2.10. The predicted molar refractivity (Wildman–Crippen MR) is 77.5 cm³/mol. The quantitative estimate of drug-likeness (QED) is 0.885. The van der Waals surface area contributed by atoms with Gasteiger partial charge in [-0.2, -0.15) is 0 Å². The first-order valence-electron chi connectivity index (χ1n) is 7.17. The highest BCUT2D eigenvalue weighted by Crippen LogP contribution is 2.33. The van der Waals surface area contributed by atoms with E-state index >= 15 is 0 Å². The Morgan fingerprint density at radius 2 is 1.95 bits per heavy atom. The van der Waals surface area contributed by atoms with Crippen LogP contribution in [0.2, 0.25) is 0 Å². The summed E-state index contributed by atoms with van der Waals surface area (Å²) < 4.78 is 11.4. The summed E-state index contributed by atoms with van der Waals surface area (Å²) in [6, 6.07) is 8.78. The predicted octanol–water partition coefficient (Wildman–Crippen LogP) is 3.16. The summed E-state index contributed by atoms with van der Waals surface area (Å²) in [5, 5.41) is 3.43. The lowest BCUT2D eigenvalue weighted by molar-refractivity contribution is 0.0963. The van der Waals surface area contributed by atoms with Gasteiger partial charge in [-0.25, -0.2) is 0 Å². The van der Waals surface area contributed by atoms with Gasteiger partial charge in [0.25, 0.3) is 0 Å². The maximum Gasteiger partial charge on any atom is 0.119 e. The van der Waals surface area contributed by atoms with Crippen LogP contribution in [0.3, 0.4) is 0 Å². The largest absolute Gasteiger partial charge is 0.491 e. The third-order valence-electron chi connectivity index (χ3n) is 3.79. The van der Waals surface area contributed by atoms with Crippen molar-refractivity contribution in [3.8, 4) is 5.75 Å². The van der Waals surface area contributed by atoms with E-state index in [4.69, 9.17) is 9.47 Å². The van der Waals surface area contributed by atoms with Crippen LogP contribution in [0, 0.1) is 5.92 Å². The molecule has 2 rings (SSSR count). The highest BCUT2D eigenvalue weighted by atomic mass is 16.5. The fraction of sp³-hybridized carbons (Fsp3) is 0.625. The van der Waals surface area contributed by atoms with E-state index in [0.717, 1.165) is 18.8 Å².